The third-order valence-electron chi connectivity index (χ3n) is 4.18. The van der Waals surface area contributed by atoms with E-state index in [0.29, 0.717) is 30.2 Å². The van der Waals surface area contributed by atoms with Gasteiger partial charge in [-0.3, -0.25) is 4.79 Å². The number of amides is 1. The van der Waals surface area contributed by atoms with Gasteiger partial charge in [0.1, 0.15) is 15.5 Å². The van der Waals surface area contributed by atoms with Gasteiger partial charge < -0.3 is 10.1 Å². The molecule has 30 heavy (non-hydrogen) atoms. The van der Waals surface area contributed by atoms with E-state index in [1.165, 1.54) is 28.6 Å². The van der Waals surface area contributed by atoms with Crippen LogP contribution in [0.5, 0.6) is 5.75 Å². The minimum atomic E-state index is -4.45. The van der Waals surface area contributed by atoms with Crippen LogP contribution in [0.3, 0.4) is 0 Å². The number of thiophene rings is 1. The van der Waals surface area contributed by atoms with Crippen molar-refractivity contribution in [2.45, 2.75) is 17.6 Å². The van der Waals surface area contributed by atoms with Gasteiger partial charge in [0.2, 0.25) is 10.0 Å². The normalized spacial score (nSPS) is 15.7. The van der Waals surface area contributed by atoms with Crippen molar-refractivity contribution in [1.82, 2.24) is 9.62 Å². The second kappa shape index (κ2) is 9.58. The quantitative estimate of drug-likeness (QED) is 0.658. The fourth-order valence-electron chi connectivity index (χ4n) is 2.77. The fraction of sp³-hybridized carbons (Fsp3) is 0.389. The second-order valence-electron chi connectivity index (χ2n) is 6.36. The summed E-state index contributed by atoms with van der Waals surface area (Å²) in [6, 6.07) is 7.34. The molecule has 2 heterocycles. The Balaban J connectivity index is 1.66. The smallest absolute Gasteiger partial charge is 0.422 e. The zero-order valence-electron chi connectivity index (χ0n) is 15.6. The van der Waals surface area contributed by atoms with Crippen LogP contribution in [-0.4, -0.2) is 56.0 Å². The van der Waals surface area contributed by atoms with Crippen LogP contribution in [0.1, 0.15) is 15.2 Å². The minimum Gasteiger partial charge on any atom is -0.484 e. The molecular weight excluding hydrogens is 461 g/mol. The Morgan fingerprint density at radius 1 is 1.20 bits per heavy atom. The Morgan fingerprint density at radius 2 is 1.93 bits per heavy atom. The summed E-state index contributed by atoms with van der Waals surface area (Å²) in [6.45, 7) is -0.600. The lowest BCUT2D eigenvalue weighted by atomic mass is 10.2. The van der Waals surface area contributed by atoms with Crippen molar-refractivity contribution in [3.63, 3.8) is 0 Å². The van der Waals surface area contributed by atoms with Crippen LogP contribution in [0.15, 0.2) is 40.6 Å². The first-order valence-electron chi connectivity index (χ1n) is 8.89. The molecule has 1 aromatic heterocycles. The Bertz CT molecular complexity index is 987. The van der Waals surface area contributed by atoms with Crippen LogP contribution < -0.4 is 10.1 Å². The molecule has 1 aliphatic rings. The lowest BCUT2D eigenvalue weighted by Crippen LogP contribution is -2.38. The fourth-order valence-corrected chi connectivity index (χ4v) is 6.66. The largest absolute Gasteiger partial charge is 0.484 e. The molecule has 1 fully saturated rings. The standard InChI is InChI=1S/C18H19F3N2O4S3/c19-18(20,21)12-27-14-3-1-2-13(10-14)11-22-17(24)16-15(4-7-29-16)30(25,26)23-5-8-28-9-6-23/h1-4,7,10H,5-6,8-9,11-12H2,(H,22,24). The highest BCUT2D eigenvalue weighted by molar-refractivity contribution is 7.99. The van der Waals surface area contributed by atoms with Crippen molar-refractivity contribution in [3.8, 4) is 5.75 Å². The van der Waals surface area contributed by atoms with Gasteiger partial charge in [-0.25, -0.2) is 8.42 Å². The number of nitrogens with zero attached hydrogens (tertiary/aromatic N) is 1. The number of alkyl halides is 3. The summed E-state index contributed by atoms with van der Waals surface area (Å²) in [5.74, 6) is 0.882. The highest BCUT2D eigenvalue weighted by Gasteiger charge is 2.31. The predicted molar refractivity (Wildman–Crippen MR) is 110 cm³/mol. The summed E-state index contributed by atoms with van der Waals surface area (Å²) in [7, 11) is -3.76. The number of hydrogen-bond donors (Lipinski definition) is 1. The first-order valence-corrected chi connectivity index (χ1v) is 12.4. The summed E-state index contributed by atoms with van der Waals surface area (Å²) in [4.78, 5) is 12.7. The molecule has 0 unspecified atom stereocenters. The van der Waals surface area contributed by atoms with E-state index in [-0.39, 0.29) is 22.1 Å². The lowest BCUT2D eigenvalue weighted by Gasteiger charge is -2.25. The molecule has 0 saturated carbocycles. The van der Waals surface area contributed by atoms with Gasteiger partial charge in [-0.05, 0) is 29.1 Å². The van der Waals surface area contributed by atoms with Crippen molar-refractivity contribution < 1.29 is 31.1 Å². The molecule has 0 atom stereocenters. The molecular formula is C18H19F3N2O4S3. The van der Waals surface area contributed by atoms with Crippen LogP contribution in [0.25, 0.3) is 0 Å². The Kier molecular flexibility index (Phi) is 7.32. The topological polar surface area (TPSA) is 75.7 Å². The molecule has 0 spiro atoms. The molecule has 0 bridgehead atoms. The third-order valence-corrected chi connectivity index (χ3v) is 8.10. The zero-order chi connectivity index (χ0) is 21.8. The summed E-state index contributed by atoms with van der Waals surface area (Å²) in [5.41, 5.74) is 0.525. The Morgan fingerprint density at radius 3 is 2.63 bits per heavy atom. The van der Waals surface area contributed by atoms with Crippen molar-refractivity contribution >= 4 is 39.0 Å². The summed E-state index contributed by atoms with van der Waals surface area (Å²) < 4.78 is 68.7. The average Bonchev–Trinajstić information content (AvgIpc) is 3.22. The number of ether oxygens (including phenoxy) is 1. The minimum absolute atomic E-state index is 0.0137. The maximum atomic E-state index is 12.9. The molecule has 164 valence electrons. The van der Waals surface area contributed by atoms with E-state index in [1.54, 1.807) is 23.2 Å². The van der Waals surface area contributed by atoms with Crippen molar-refractivity contribution in [3.05, 3.63) is 46.2 Å². The predicted octanol–water partition coefficient (Wildman–Crippen LogP) is 3.36. The SMILES string of the molecule is O=C(NCc1cccc(OCC(F)(F)F)c1)c1sccc1S(=O)(=O)N1CCSCC1. The van der Waals surface area contributed by atoms with Crippen molar-refractivity contribution in [2.75, 3.05) is 31.2 Å². The van der Waals surface area contributed by atoms with E-state index in [1.807, 2.05) is 0 Å². The maximum Gasteiger partial charge on any atom is 0.422 e. The lowest BCUT2D eigenvalue weighted by molar-refractivity contribution is -0.153. The summed E-state index contributed by atoms with van der Waals surface area (Å²) in [6.07, 6.45) is -4.45. The van der Waals surface area contributed by atoms with Crippen LogP contribution in [-0.2, 0) is 16.6 Å². The van der Waals surface area contributed by atoms with Gasteiger partial charge in [0.15, 0.2) is 6.61 Å². The molecule has 0 radical (unpaired) electrons. The number of carbonyl (C=O) groups is 1. The number of halogens is 3. The van der Waals surface area contributed by atoms with E-state index < -0.39 is 28.7 Å². The molecule has 6 nitrogen and oxygen atoms in total. The molecule has 1 saturated heterocycles. The number of thioether (sulfide) groups is 1. The third kappa shape index (κ3) is 5.90. The van der Waals surface area contributed by atoms with Gasteiger partial charge in [-0.15, -0.1) is 11.3 Å². The summed E-state index contributed by atoms with van der Waals surface area (Å²) in [5, 5.41) is 4.17. The van der Waals surface area contributed by atoms with Crippen LogP contribution >= 0.6 is 23.1 Å². The van der Waals surface area contributed by atoms with E-state index >= 15 is 0 Å². The van der Waals surface area contributed by atoms with Crippen LogP contribution in [0.2, 0.25) is 0 Å². The molecule has 1 N–H and O–H groups in total. The highest BCUT2D eigenvalue weighted by atomic mass is 32.2. The first-order chi connectivity index (χ1) is 14.2. The van der Waals surface area contributed by atoms with Crippen LogP contribution in [0, 0.1) is 0 Å². The average molecular weight is 481 g/mol. The second-order valence-corrected chi connectivity index (χ2v) is 10.4. The number of sulfonamides is 1. The summed E-state index contributed by atoms with van der Waals surface area (Å²) >= 11 is 2.70. The molecule has 12 heteroatoms. The van der Waals surface area contributed by atoms with E-state index in [0.717, 1.165) is 11.3 Å². The van der Waals surface area contributed by atoms with Gasteiger partial charge in [0.25, 0.3) is 5.91 Å². The molecule has 0 aliphatic carbocycles. The number of hydrogen-bond acceptors (Lipinski definition) is 6. The van der Waals surface area contributed by atoms with Gasteiger partial charge in [0.05, 0.1) is 0 Å². The molecule has 1 amide bonds. The van der Waals surface area contributed by atoms with Gasteiger partial charge in [-0.1, -0.05) is 12.1 Å². The molecule has 1 aromatic carbocycles. The maximum absolute atomic E-state index is 12.9. The highest BCUT2D eigenvalue weighted by Crippen LogP contribution is 2.27. The number of nitrogens with one attached hydrogen (secondary N) is 1. The van der Waals surface area contributed by atoms with Crippen molar-refractivity contribution in [2.24, 2.45) is 0 Å². The number of benzene rings is 1. The Labute approximate surface area is 180 Å². The van der Waals surface area contributed by atoms with E-state index in [2.05, 4.69) is 5.32 Å². The zero-order valence-corrected chi connectivity index (χ0v) is 18.1. The van der Waals surface area contributed by atoms with Gasteiger partial charge >= 0.3 is 6.18 Å². The van der Waals surface area contributed by atoms with E-state index in [9.17, 15) is 26.4 Å². The van der Waals surface area contributed by atoms with Crippen molar-refractivity contribution in [1.29, 1.82) is 0 Å². The molecule has 2 aromatic rings. The number of carbonyl (C=O) groups excluding carboxylic acids is 1. The Hall–Kier alpha value is -1.76. The van der Waals surface area contributed by atoms with Gasteiger partial charge in [0, 0.05) is 31.1 Å². The van der Waals surface area contributed by atoms with E-state index in [4.69, 9.17) is 4.74 Å². The van der Waals surface area contributed by atoms with Gasteiger partial charge in [-0.2, -0.15) is 29.2 Å². The molecule has 1 aliphatic heterocycles. The number of rotatable bonds is 7. The van der Waals surface area contributed by atoms with Crippen LogP contribution in [0.4, 0.5) is 13.2 Å². The first kappa shape index (κ1) is 22.9. The molecule has 3 rings (SSSR count). The monoisotopic (exact) mass is 480 g/mol.